The van der Waals surface area contributed by atoms with E-state index in [2.05, 4.69) is 4.18 Å². The number of carbonyl (C=O) groups is 2. The maximum absolute atomic E-state index is 11.2. The smallest absolute Gasteiger partial charge is 0.478 e. The molecule has 2 N–H and O–H groups in total. The standard InChI is InChI=1S/C8H6O7S/c9-7(10)5-2-1-3-6(4-5)16(13,14)15-8(11)12/h1-4H,(H,9,10)(H,11,12). The molecule has 0 atom stereocenters. The van der Waals surface area contributed by atoms with Crippen molar-refractivity contribution in [1.82, 2.24) is 0 Å². The van der Waals surface area contributed by atoms with Gasteiger partial charge in [-0.1, -0.05) is 6.07 Å². The topological polar surface area (TPSA) is 118 Å². The predicted molar refractivity (Wildman–Crippen MR) is 49.7 cm³/mol. The molecule has 1 aromatic rings. The summed E-state index contributed by atoms with van der Waals surface area (Å²) in [4.78, 5) is 20.1. The Balaban J connectivity index is 3.19. The van der Waals surface area contributed by atoms with E-state index in [9.17, 15) is 18.0 Å². The first-order valence-corrected chi connectivity index (χ1v) is 5.24. The molecule has 0 bridgehead atoms. The van der Waals surface area contributed by atoms with Gasteiger partial charge in [-0.25, -0.2) is 9.59 Å². The molecule has 1 rings (SSSR count). The minimum atomic E-state index is -4.48. The second-order valence-electron chi connectivity index (χ2n) is 2.64. The van der Waals surface area contributed by atoms with Gasteiger partial charge in [0, 0.05) is 0 Å². The van der Waals surface area contributed by atoms with Crippen LogP contribution in [0.4, 0.5) is 4.79 Å². The molecule has 0 fully saturated rings. The van der Waals surface area contributed by atoms with Gasteiger partial charge < -0.3 is 14.4 Å². The zero-order valence-corrected chi connectivity index (χ0v) is 8.47. The lowest BCUT2D eigenvalue weighted by Gasteiger charge is -2.02. The van der Waals surface area contributed by atoms with Gasteiger partial charge in [-0.2, -0.15) is 8.42 Å². The maximum Gasteiger partial charge on any atom is 0.522 e. The van der Waals surface area contributed by atoms with Crippen molar-refractivity contribution in [2.45, 2.75) is 4.90 Å². The monoisotopic (exact) mass is 246 g/mol. The number of benzene rings is 1. The Labute approximate surface area is 90.0 Å². The van der Waals surface area contributed by atoms with Crippen molar-refractivity contribution >= 4 is 22.2 Å². The van der Waals surface area contributed by atoms with Crippen LogP contribution >= 0.6 is 0 Å². The summed E-state index contributed by atoms with van der Waals surface area (Å²) < 4.78 is 26.1. The van der Waals surface area contributed by atoms with Crippen LogP contribution in [0.2, 0.25) is 0 Å². The number of carboxylic acids is 1. The van der Waals surface area contributed by atoms with Crippen molar-refractivity contribution in [1.29, 1.82) is 0 Å². The molecule has 0 aliphatic carbocycles. The number of rotatable bonds is 3. The summed E-state index contributed by atoms with van der Waals surface area (Å²) in [5, 5.41) is 16.8. The molecule has 0 radical (unpaired) electrons. The lowest BCUT2D eigenvalue weighted by atomic mass is 10.2. The van der Waals surface area contributed by atoms with Crippen molar-refractivity contribution in [2.75, 3.05) is 0 Å². The average Bonchev–Trinajstić information content (AvgIpc) is 2.16. The first kappa shape index (κ1) is 12.0. The van der Waals surface area contributed by atoms with Crippen LogP contribution in [0.3, 0.4) is 0 Å². The van der Waals surface area contributed by atoms with Crippen molar-refractivity contribution < 1.29 is 32.4 Å². The van der Waals surface area contributed by atoms with E-state index in [1.807, 2.05) is 0 Å². The first-order chi connectivity index (χ1) is 7.33. The summed E-state index contributed by atoms with van der Waals surface area (Å²) in [6.45, 7) is 0. The highest BCUT2D eigenvalue weighted by Gasteiger charge is 2.20. The van der Waals surface area contributed by atoms with Gasteiger partial charge in [0.25, 0.3) is 0 Å². The predicted octanol–water partition coefficient (Wildman–Crippen LogP) is 0.768. The first-order valence-electron chi connectivity index (χ1n) is 3.84. The van der Waals surface area contributed by atoms with E-state index < -0.39 is 27.1 Å². The lowest BCUT2D eigenvalue weighted by Crippen LogP contribution is -2.11. The number of carboxylic acid groups (broad SMARTS) is 2. The lowest BCUT2D eigenvalue weighted by molar-refractivity contribution is 0.0696. The molecule has 86 valence electrons. The Morgan fingerprint density at radius 2 is 1.81 bits per heavy atom. The molecule has 0 saturated heterocycles. The fourth-order valence-electron chi connectivity index (χ4n) is 0.927. The third kappa shape index (κ3) is 2.70. The van der Waals surface area contributed by atoms with Crippen molar-refractivity contribution in [2.24, 2.45) is 0 Å². The molecular formula is C8H6O7S. The van der Waals surface area contributed by atoms with E-state index in [-0.39, 0.29) is 5.56 Å². The van der Waals surface area contributed by atoms with Gasteiger partial charge in [-0.05, 0) is 18.2 Å². The molecule has 0 aliphatic rings. The molecule has 1 aromatic carbocycles. The Morgan fingerprint density at radius 3 is 2.31 bits per heavy atom. The normalized spacial score (nSPS) is 10.8. The second kappa shape index (κ2) is 4.19. The molecule has 0 spiro atoms. The fraction of sp³-hybridized carbons (Fsp3) is 0. The number of hydrogen-bond donors (Lipinski definition) is 2. The van der Waals surface area contributed by atoms with Gasteiger partial charge in [-0.3, -0.25) is 0 Å². The molecule has 0 amide bonds. The Bertz CT molecular complexity index is 531. The van der Waals surface area contributed by atoms with Crippen LogP contribution in [-0.2, 0) is 14.3 Å². The average molecular weight is 246 g/mol. The van der Waals surface area contributed by atoms with Crippen LogP contribution in [-0.4, -0.2) is 30.8 Å². The molecule has 0 aromatic heterocycles. The summed E-state index contributed by atoms with van der Waals surface area (Å²) in [5.41, 5.74) is -0.282. The fourth-order valence-corrected chi connectivity index (χ4v) is 1.73. The van der Waals surface area contributed by atoms with Crippen LogP contribution < -0.4 is 0 Å². The van der Waals surface area contributed by atoms with E-state index in [0.717, 1.165) is 12.1 Å². The molecule has 0 unspecified atom stereocenters. The Morgan fingerprint density at radius 1 is 1.19 bits per heavy atom. The van der Waals surface area contributed by atoms with E-state index >= 15 is 0 Å². The molecule has 7 nitrogen and oxygen atoms in total. The number of hydrogen-bond acceptors (Lipinski definition) is 5. The third-order valence-electron chi connectivity index (χ3n) is 1.55. The quantitative estimate of drug-likeness (QED) is 0.756. The zero-order chi connectivity index (χ0) is 12.3. The molecule has 0 aliphatic heterocycles. The summed E-state index contributed by atoms with van der Waals surface area (Å²) in [6, 6.07) is 4.18. The SMILES string of the molecule is O=C(O)OS(=O)(=O)c1cccc(C(=O)O)c1. The van der Waals surface area contributed by atoms with Crippen LogP contribution in [0.15, 0.2) is 29.2 Å². The summed E-state index contributed by atoms with van der Waals surface area (Å²) in [7, 11) is -4.48. The number of aromatic carboxylic acids is 1. The van der Waals surface area contributed by atoms with Gasteiger partial charge in [0.05, 0.1) is 5.56 Å². The van der Waals surface area contributed by atoms with Crippen molar-refractivity contribution in [3.63, 3.8) is 0 Å². The van der Waals surface area contributed by atoms with Crippen LogP contribution in [0.5, 0.6) is 0 Å². The van der Waals surface area contributed by atoms with Gasteiger partial charge >= 0.3 is 22.2 Å². The second-order valence-corrected chi connectivity index (χ2v) is 4.18. The van der Waals surface area contributed by atoms with E-state index in [1.54, 1.807) is 0 Å². The largest absolute Gasteiger partial charge is 0.522 e. The van der Waals surface area contributed by atoms with E-state index in [4.69, 9.17) is 10.2 Å². The van der Waals surface area contributed by atoms with Crippen molar-refractivity contribution in [3.05, 3.63) is 29.8 Å². The summed E-state index contributed by atoms with van der Waals surface area (Å²) in [5.74, 6) is -1.33. The highest BCUT2D eigenvalue weighted by molar-refractivity contribution is 7.87. The van der Waals surface area contributed by atoms with Gasteiger partial charge in [0.2, 0.25) is 0 Å². The Kier molecular flexibility index (Phi) is 3.14. The van der Waals surface area contributed by atoms with Gasteiger partial charge in [0.15, 0.2) is 0 Å². The molecule has 16 heavy (non-hydrogen) atoms. The van der Waals surface area contributed by atoms with Gasteiger partial charge in [-0.15, -0.1) is 0 Å². The Hall–Kier alpha value is -2.09. The molecular weight excluding hydrogens is 240 g/mol. The summed E-state index contributed by atoms with van der Waals surface area (Å²) in [6.07, 6.45) is -1.99. The zero-order valence-electron chi connectivity index (χ0n) is 7.65. The highest BCUT2D eigenvalue weighted by atomic mass is 32.2. The minimum absolute atomic E-state index is 0.282. The van der Waals surface area contributed by atoms with Crippen LogP contribution in [0, 0.1) is 0 Å². The van der Waals surface area contributed by atoms with Crippen LogP contribution in [0.25, 0.3) is 0 Å². The van der Waals surface area contributed by atoms with E-state index in [1.165, 1.54) is 12.1 Å². The van der Waals surface area contributed by atoms with Gasteiger partial charge in [0.1, 0.15) is 4.90 Å². The molecule has 8 heteroatoms. The highest BCUT2D eigenvalue weighted by Crippen LogP contribution is 2.14. The third-order valence-corrected chi connectivity index (χ3v) is 2.74. The molecule has 0 heterocycles. The minimum Gasteiger partial charge on any atom is -0.478 e. The maximum atomic E-state index is 11.2. The van der Waals surface area contributed by atoms with Crippen molar-refractivity contribution in [3.8, 4) is 0 Å². The van der Waals surface area contributed by atoms with E-state index in [0.29, 0.717) is 0 Å². The molecule has 0 saturated carbocycles. The summed E-state index contributed by atoms with van der Waals surface area (Å²) >= 11 is 0. The van der Waals surface area contributed by atoms with Crippen LogP contribution in [0.1, 0.15) is 10.4 Å².